The molecule has 3 rings (SSSR count). The summed E-state index contributed by atoms with van der Waals surface area (Å²) in [6.45, 7) is 2.24. The van der Waals surface area contributed by atoms with Crippen molar-refractivity contribution >= 4 is 44.9 Å². The maximum absolute atomic E-state index is 12.5. The number of amides is 1. The van der Waals surface area contributed by atoms with Crippen molar-refractivity contribution in [3.8, 4) is 22.8 Å². The number of furan rings is 1. The van der Waals surface area contributed by atoms with Gasteiger partial charge in [-0.3, -0.25) is 10.1 Å². The first kappa shape index (κ1) is 22.8. The van der Waals surface area contributed by atoms with E-state index in [0.29, 0.717) is 45.3 Å². The Morgan fingerprint density at radius 1 is 1.16 bits per heavy atom. The molecule has 0 saturated heterocycles. The molecule has 0 aliphatic carbocycles. The molecule has 3 aromatic rings. The molecular weight excluding hydrogens is 484 g/mol. The molecule has 0 aliphatic heterocycles. The van der Waals surface area contributed by atoms with Crippen LogP contribution in [0.4, 0.5) is 5.69 Å². The normalized spacial score (nSPS) is 10.5. The number of methoxy groups -OCH3 is 1. The summed E-state index contributed by atoms with van der Waals surface area (Å²) < 4.78 is 17.2. The van der Waals surface area contributed by atoms with Gasteiger partial charge < -0.3 is 24.3 Å². The van der Waals surface area contributed by atoms with Gasteiger partial charge in [0, 0.05) is 17.3 Å². The van der Waals surface area contributed by atoms with E-state index in [2.05, 4.69) is 26.6 Å². The van der Waals surface area contributed by atoms with Crippen LogP contribution in [0.1, 0.15) is 23.0 Å². The molecule has 3 N–H and O–H groups in total. The molecule has 1 aromatic heterocycles. The third-order valence-electron chi connectivity index (χ3n) is 4.26. The number of hydrogen-bond acceptors (Lipinski definition) is 6. The largest absolute Gasteiger partial charge is 0.496 e. The van der Waals surface area contributed by atoms with E-state index in [-0.39, 0.29) is 17.6 Å². The molecule has 1 heterocycles. The van der Waals surface area contributed by atoms with Gasteiger partial charge in [-0.2, -0.15) is 0 Å². The first-order valence-electron chi connectivity index (χ1n) is 9.37. The topological polar surface area (TPSA) is 93.0 Å². The van der Waals surface area contributed by atoms with E-state index in [1.54, 1.807) is 55.6 Å². The quantitative estimate of drug-likeness (QED) is 0.400. The lowest BCUT2D eigenvalue weighted by Gasteiger charge is -2.13. The zero-order valence-electron chi connectivity index (χ0n) is 16.9. The minimum absolute atomic E-state index is 0.144. The SMILES string of the molecule is CCOc1ccc(C(=O)NC(=S)Nc2ccc(-c3ccc(CO)o3)c(OC)c2)cc1Br. The number of nitrogens with one attached hydrogen (secondary N) is 2. The van der Waals surface area contributed by atoms with E-state index < -0.39 is 0 Å². The maximum atomic E-state index is 12.5. The van der Waals surface area contributed by atoms with Crippen LogP contribution in [0.25, 0.3) is 11.3 Å². The third kappa shape index (κ3) is 5.63. The van der Waals surface area contributed by atoms with Crippen LogP contribution in [0, 0.1) is 0 Å². The Labute approximate surface area is 193 Å². The lowest BCUT2D eigenvalue weighted by Crippen LogP contribution is -2.34. The molecule has 0 atom stereocenters. The highest BCUT2D eigenvalue weighted by molar-refractivity contribution is 9.10. The first-order chi connectivity index (χ1) is 14.9. The van der Waals surface area contributed by atoms with E-state index in [1.165, 1.54) is 0 Å². The van der Waals surface area contributed by atoms with Crippen molar-refractivity contribution < 1.29 is 23.8 Å². The molecule has 0 fully saturated rings. The minimum Gasteiger partial charge on any atom is -0.496 e. The molecule has 7 nitrogen and oxygen atoms in total. The summed E-state index contributed by atoms with van der Waals surface area (Å²) in [6.07, 6.45) is 0. The monoisotopic (exact) mass is 504 g/mol. The molecule has 162 valence electrons. The number of halogens is 1. The van der Waals surface area contributed by atoms with Gasteiger partial charge >= 0.3 is 0 Å². The predicted octanol–water partition coefficient (Wildman–Crippen LogP) is 4.74. The second kappa shape index (κ2) is 10.4. The first-order valence-corrected chi connectivity index (χ1v) is 10.6. The summed E-state index contributed by atoms with van der Waals surface area (Å²) >= 11 is 8.67. The number of aliphatic hydroxyl groups is 1. The molecule has 0 saturated carbocycles. The number of hydrogen-bond donors (Lipinski definition) is 3. The van der Waals surface area contributed by atoms with Crippen molar-refractivity contribution in [2.75, 3.05) is 19.0 Å². The van der Waals surface area contributed by atoms with Crippen LogP contribution in [0.2, 0.25) is 0 Å². The van der Waals surface area contributed by atoms with E-state index in [4.69, 9.17) is 26.1 Å². The number of aliphatic hydroxyl groups excluding tert-OH is 1. The molecule has 0 spiro atoms. The number of benzene rings is 2. The third-order valence-corrected chi connectivity index (χ3v) is 5.09. The predicted molar refractivity (Wildman–Crippen MR) is 126 cm³/mol. The lowest BCUT2D eigenvalue weighted by atomic mass is 10.1. The van der Waals surface area contributed by atoms with Crippen molar-refractivity contribution in [1.29, 1.82) is 0 Å². The average molecular weight is 505 g/mol. The minimum atomic E-state index is -0.350. The van der Waals surface area contributed by atoms with Gasteiger partial charge in [0.15, 0.2) is 5.11 Å². The van der Waals surface area contributed by atoms with Crippen LogP contribution >= 0.6 is 28.1 Å². The Bertz CT molecular complexity index is 1100. The van der Waals surface area contributed by atoms with Crippen LogP contribution in [0.15, 0.2) is 57.4 Å². The summed E-state index contributed by atoms with van der Waals surface area (Å²) in [4.78, 5) is 12.5. The van der Waals surface area contributed by atoms with Gasteiger partial charge in [0.05, 0.1) is 23.8 Å². The number of carbonyl (C=O) groups excluding carboxylic acids is 1. The van der Waals surface area contributed by atoms with Crippen LogP contribution < -0.4 is 20.1 Å². The van der Waals surface area contributed by atoms with Gasteiger partial charge in [-0.25, -0.2) is 0 Å². The molecule has 0 aliphatic rings. The fourth-order valence-electron chi connectivity index (χ4n) is 2.83. The van der Waals surface area contributed by atoms with Crippen LogP contribution in [-0.4, -0.2) is 29.8 Å². The van der Waals surface area contributed by atoms with Crippen LogP contribution in [0.3, 0.4) is 0 Å². The van der Waals surface area contributed by atoms with E-state index in [0.717, 1.165) is 5.56 Å². The number of ether oxygens (including phenoxy) is 2. The molecule has 9 heteroatoms. The molecular formula is C22H21BrN2O5S. The Kier molecular flexibility index (Phi) is 7.67. The zero-order valence-corrected chi connectivity index (χ0v) is 19.3. The highest BCUT2D eigenvalue weighted by atomic mass is 79.9. The van der Waals surface area contributed by atoms with Gasteiger partial charge in [0.25, 0.3) is 5.91 Å². The van der Waals surface area contributed by atoms with Gasteiger partial charge in [-0.05, 0) is 77.5 Å². The fraction of sp³-hybridized carbons (Fsp3) is 0.182. The Morgan fingerprint density at radius 2 is 1.97 bits per heavy atom. The summed E-state index contributed by atoms with van der Waals surface area (Å²) in [6, 6.07) is 13.8. The van der Waals surface area contributed by atoms with Crippen molar-refractivity contribution in [2.45, 2.75) is 13.5 Å². The molecule has 0 unspecified atom stereocenters. The maximum Gasteiger partial charge on any atom is 0.257 e. The second-order valence-corrected chi connectivity index (χ2v) is 7.59. The number of thiocarbonyl (C=S) groups is 1. The summed E-state index contributed by atoms with van der Waals surface area (Å²) in [5.74, 6) is 1.90. The second-order valence-electron chi connectivity index (χ2n) is 6.33. The van der Waals surface area contributed by atoms with Gasteiger partial charge in [-0.1, -0.05) is 0 Å². The lowest BCUT2D eigenvalue weighted by molar-refractivity contribution is 0.0977. The van der Waals surface area contributed by atoms with Crippen molar-refractivity contribution in [2.24, 2.45) is 0 Å². The molecule has 2 aromatic carbocycles. The van der Waals surface area contributed by atoms with Crippen LogP contribution in [0.5, 0.6) is 11.5 Å². The number of anilines is 1. The molecule has 0 radical (unpaired) electrons. The highest BCUT2D eigenvalue weighted by Crippen LogP contribution is 2.33. The average Bonchev–Trinajstić information content (AvgIpc) is 3.24. The Morgan fingerprint density at radius 3 is 2.61 bits per heavy atom. The Balaban J connectivity index is 1.68. The molecule has 1 amide bonds. The summed E-state index contributed by atoms with van der Waals surface area (Å²) in [5.41, 5.74) is 1.79. The van der Waals surface area contributed by atoms with E-state index in [1.807, 2.05) is 6.92 Å². The van der Waals surface area contributed by atoms with Gasteiger partial charge in [0.1, 0.15) is 29.6 Å². The molecule has 31 heavy (non-hydrogen) atoms. The Hall–Kier alpha value is -2.88. The zero-order chi connectivity index (χ0) is 22.4. The van der Waals surface area contributed by atoms with E-state index in [9.17, 15) is 9.90 Å². The van der Waals surface area contributed by atoms with E-state index >= 15 is 0 Å². The van der Waals surface area contributed by atoms with Gasteiger partial charge in [-0.15, -0.1) is 0 Å². The van der Waals surface area contributed by atoms with Crippen molar-refractivity contribution in [1.82, 2.24) is 5.32 Å². The molecule has 0 bridgehead atoms. The van der Waals surface area contributed by atoms with Gasteiger partial charge in [0.2, 0.25) is 0 Å². The smallest absolute Gasteiger partial charge is 0.257 e. The standard InChI is InChI=1S/C22H21BrN2O5S/c1-3-29-19-8-4-13(10-17(19)23)21(27)25-22(31)24-14-5-7-16(20(11-14)28-2)18-9-6-15(12-26)30-18/h4-11,26H,3,12H2,1-2H3,(H2,24,25,27,31). The summed E-state index contributed by atoms with van der Waals surface area (Å²) in [5, 5.41) is 14.9. The van der Waals surface area contributed by atoms with Crippen molar-refractivity contribution in [3.05, 3.63) is 64.3 Å². The highest BCUT2D eigenvalue weighted by Gasteiger charge is 2.14. The fourth-order valence-corrected chi connectivity index (χ4v) is 3.54. The summed E-state index contributed by atoms with van der Waals surface area (Å²) in [7, 11) is 1.54. The number of rotatable bonds is 7. The van der Waals surface area contributed by atoms with Crippen molar-refractivity contribution in [3.63, 3.8) is 0 Å². The number of carbonyl (C=O) groups is 1. The van der Waals surface area contributed by atoms with Crippen LogP contribution in [-0.2, 0) is 6.61 Å².